The molecule has 0 aliphatic carbocycles. The van der Waals surface area contributed by atoms with Gasteiger partial charge in [0.1, 0.15) is 12.1 Å². The van der Waals surface area contributed by atoms with Crippen LogP contribution in [-0.4, -0.2) is 32.1 Å². The van der Waals surface area contributed by atoms with Gasteiger partial charge < -0.3 is 9.42 Å². The molecular formula is C18H16N6O. The van der Waals surface area contributed by atoms with Crippen LogP contribution < -0.4 is 4.90 Å². The average molecular weight is 332 g/mol. The molecular weight excluding hydrogens is 316 g/mol. The third kappa shape index (κ3) is 3.03. The molecule has 0 saturated heterocycles. The van der Waals surface area contributed by atoms with E-state index in [1.165, 1.54) is 0 Å². The summed E-state index contributed by atoms with van der Waals surface area (Å²) in [7, 11) is 1.94. The minimum absolute atomic E-state index is 0.452. The fraction of sp³-hybridized carbons (Fsp3) is 0.167. The first kappa shape index (κ1) is 15.2. The summed E-state index contributed by atoms with van der Waals surface area (Å²) in [5, 5.41) is 5.02. The summed E-state index contributed by atoms with van der Waals surface area (Å²) >= 11 is 0. The Morgan fingerprint density at radius 3 is 2.92 bits per heavy atom. The maximum Gasteiger partial charge on any atom is 0.246 e. The van der Waals surface area contributed by atoms with Crippen molar-refractivity contribution in [1.82, 2.24) is 25.1 Å². The van der Waals surface area contributed by atoms with E-state index in [0.717, 1.165) is 27.8 Å². The van der Waals surface area contributed by atoms with Crippen LogP contribution in [0.1, 0.15) is 11.5 Å². The second-order valence-electron chi connectivity index (χ2n) is 5.83. The van der Waals surface area contributed by atoms with Gasteiger partial charge in [-0.15, -0.1) is 0 Å². The molecule has 4 aromatic rings. The van der Waals surface area contributed by atoms with E-state index in [0.29, 0.717) is 18.3 Å². The monoisotopic (exact) mass is 332 g/mol. The number of fused-ring (bicyclic) bond motifs is 1. The van der Waals surface area contributed by atoms with E-state index < -0.39 is 0 Å². The molecule has 0 amide bonds. The first-order chi connectivity index (χ1) is 12.2. The minimum atomic E-state index is 0.452. The smallest absolute Gasteiger partial charge is 0.246 e. The van der Waals surface area contributed by atoms with Crippen molar-refractivity contribution in [3.8, 4) is 11.4 Å². The molecule has 25 heavy (non-hydrogen) atoms. The predicted molar refractivity (Wildman–Crippen MR) is 93.9 cm³/mol. The average Bonchev–Trinajstić information content (AvgIpc) is 3.10. The number of nitrogens with zero attached hydrogens (tertiary/aromatic N) is 6. The third-order valence-electron chi connectivity index (χ3n) is 3.89. The van der Waals surface area contributed by atoms with Crippen LogP contribution in [0.25, 0.3) is 22.3 Å². The zero-order valence-corrected chi connectivity index (χ0v) is 13.9. The largest absolute Gasteiger partial charge is 0.350 e. The molecule has 0 aliphatic rings. The molecule has 0 fully saturated rings. The van der Waals surface area contributed by atoms with Crippen LogP contribution in [0, 0.1) is 6.92 Å². The van der Waals surface area contributed by atoms with Crippen molar-refractivity contribution in [3.05, 3.63) is 60.5 Å². The topological polar surface area (TPSA) is 80.8 Å². The van der Waals surface area contributed by atoms with Crippen LogP contribution in [0.5, 0.6) is 0 Å². The lowest BCUT2D eigenvalue weighted by Crippen LogP contribution is -2.18. The Morgan fingerprint density at radius 1 is 1.16 bits per heavy atom. The van der Waals surface area contributed by atoms with Gasteiger partial charge in [-0.25, -0.2) is 9.97 Å². The molecule has 3 aromatic heterocycles. The highest BCUT2D eigenvalue weighted by molar-refractivity contribution is 5.89. The van der Waals surface area contributed by atoms with Gasteiger partial charge in [0.2, 0.25) is 11.7 Å². The molecule has 0 atom stereocenters. The zero-order valence-electron chi connectivity index (χ0n) is 13.9. The van der Waals surface area contributed by atoms with Crippen molar-refractivity contribution in [2.24, 2.45) is 0 Å². The summed E-state index contributed by atoms with van der Waals surface area (Å²) < 4.78 is 5.37. The van der Waals surface area contributed by atoms with E-state index >= 15 is 0 Å². The number of aryl methyl sites for hydroxylation is 1. The van der Waals surface area contributed by atoms with Crippen LogP contribution in [0.15, 0.2) is 53.6 Å². The van der Waals surface area contributed by atoms with E-state index in [2.05, 4.69) is 31.2 Å². The highest BCUT2D eigenvalue weighted by Gasteiger charge is 2.14. The van der Waals surface area contributed by atoms with Crippen molar-refractivity contribution >= 4 is 16.7 Å². The number of pyridine rings is 1. The molecule has 7 heteroatoms. The van der Waals surface area contributed by atoms with Crippen LogP contribution in [0.3, 0.4) is 0 Å². The fourth-order valence-corrected chi connectivity index (χ4v) is 2.67. The molecule has 0 aliphatic heterocycles. The summed E-state index contributed by atoms with van der Waals surface area (Å²) in [6.07, 6.45) is 4.98. The zero-order chi connectivity index (χ0) is 17.2. The summed E-state index contributed by atoms with van der Waals surface area (Å²) in [6.45, 7) is 2.50. The summed E-state index contributed by atoms with van der Waals surface area (Å²) in [6, 6.07) is 9.85. The number of hydrogen-bond acceptors (Lipinski definition) is 7. The Bertz CT molecular complexity index is 1010. The molecule has 1 aromatic carbocycles. The van der Waals surface area contributed by atoms with Gasteiger partial charge in [-0.1, -0.05) is 16.8 Å². The van der Waals surface area contributed by atoms with E-state index in [-0.39, 0.29) is 0 Å². The van der Waals surface area contributed by atoms with Gasteiger partial charge in [-0.2, -0.15) is 4.98 Å². The lowest BCUT2D eigenvalue weighted by molar-refractivity contribution is 0.378. The second kappa shape index (κ2) is 6.27. The molecule has 4 rings (SSSR count). The molecule has 0 spiro atoms. The first-order valence-corrected chi connectivity index (χ1v) is 7.86. The molecule has 0 radical (unpaired) electrons. The number of aromatic nitrogens is 5. The molecule has 0 bridgehead atoms. The second-order valence-corrected chi connectivity index (χ2v) is 5.83. The Labute approximate surface area is 144 Å². The lowest BCUT2D eigenvalue weighted by atomic mass is 10.1. The Balaban J connectivity index is 1.62. The van der Waals surface area contributed by atoms with Crippen molar-refractivity contribution in [3.63, 3.8) is 0 Å². The lowest BCUT2D eigenvalue weighted by Gasteiger charge is -2.17. The quantitative estimate of drug-likeness (QED) is 0.568. The van der Waals surface area contributed by atoms with Crippen molar-refractivity contribution < 1.29 is 4.52 Å². The first-order valence-electron chi connectivity index (χ1n) is 7.86. The molecule has 124 valence electrons. The fourth-order valence-electron chi connectivity index (χ4n) is 2.67. The van der Waals surface area contributed by atoms with Crippen LogP contribution >= 0.6 is 0 Å². The van der Waals surface area contributed by atoms with E-state index in [1.54, 1.807) is 18.7 Å². The van der Waals surface area contributed by atoms with Crippen molar-refractivity contribution in [1.29, 1.82) is 0 Å². The van der Waals surface area contributed by atoms with Gasteiger partial charge in [0.25, 0.3) is 0 Å². The van der Waals surface area contributed by atoms with E-state index in [1.807, 2.05) is 43.1 Å². The standard InChI is InChI=1S/C18H16N6O/c1-12-5-6-15-14(8-12)18(21-11-20-15)24(2)10-16-22-17(23-25-16)13-4-3-7-19-9-13/h3-9,11H,10H2,1-2H3. The Hall–Kier alpha value is -3.35. The number of benzene rings is 1. The molecule has 3 heterocycles. The highest BCUT2D eigenvalue weighted by Crippen LogP contribution is 2.24. The van der Waals surface area contributed by atoms with Gasteiger partial charge in [-0.3, -0.25) is 4.98 Å². The molecule has 7 nitrogen and oxygen atoms in total. The van der Waals surface area contributed by atoms with Crippen LogP contribution in [0.2, 0.25) is 0 Å². The Kier molecular flexibility index (Phi) is 3.81. The normalized spacial score (nSPS) is 11.0. The van der Waals surface area contributed by atoms with Gasteiger partial charge in [0.05, 0.1) is 12.1 Å². The Morgan fingerprint density at radius 2 is 2.08 bits per heavy atom. The van der Waals surface area contributed by atoms with Crippen LogP contribution in [0.4, 0.5) is 5.82 Å². The van der Waals surface area contributed by atoms with Crippen molar-refractivity contribution in [2.75, 3.05) is 11.9 Å². The highest BCUT2D eigenvalue weighted by atomic mass is 16.5. The molecule has 0 N–H and O–H groups in total. The molecule has 0 unspecified atom stereocenters. The van der Waals surface area contributed by atoms with Crippen molar-refractivity contribution in [2.45, 2.75) is 13.5 Å². The maximum atomic E-state index is 5.37. The number of anilines is 1. The van der Waals surface area contributed by atoms with Gasteiger partial charge in [-0.05, 0) is 31.2 Å². The predicted octanol–water partition coefficient (Wildman–Crippen LogP) is 3.02. The minimum Gasteiger partial charge on any atom is -0.350 e. The summed E-state index contributed by atoms with van der Waals surface area (Å²) in [5.74, 6) is 1.87. The van der Waals surface area contributed by atoms with E-state index in [4.69, 9.17) is 4.52 Å². The number of hydrogen-bond donors (Lipinski definition) is 0. The maximum absolute atomic E-state index is 5.37. The molecule has 0 saturated carbocycles. The number of rotatable bonds is 4. The van der Waals surface area contributed by atoms with Crippen LogP contribution in [-0.2, 0) is 6.54 Å². The SMILES string of the molecule is Cc1ccc2ncnc(N(C)Cc3nc(-c4cccnc4)no3)c2c1. The van der Waals surface area contributed by atoms with Gasteiger partial charge in [0, 0.05) is 30.4 Å². The van der Waals surface area contributed by atoms with Gasteiger partial charge >= 0.3 is 0 Å². The summed E-state index contributed by atoms with van der Waals surface area (Å²) in [4.78, 5) is 19.2. The van der Waals surface area contributed by atoms with E-state index in [9.17, 15) is 0 Å². The summed E-state index contributed by atoms with van der Waals surface area (Å²) in [5.41, 5.74) is 2.89. The third-order valence-corrected chi connectivity index (χ3v) is 3.89. The van der Waals surface area contributed by atoms with Gasteiger partial charge in [0.15, 0.2) is 0 Å².